The highest BCUT2D eigenvalue weighted by Gasteiger charge is 2.51. The second kappa shape index (κ2) is 3.38. The summed E-state index contributed by atoms with van der Waals surface area (Å²) in [6.45, 7) is 0. The van der Waals surface area contributed by atoms with Gasteiger partial charge in [-0.15, -0.1) is 0 Å². The first kappa shape index (κ1) is 9.95. The predicted octanol–water partition coefficient (Wildman–Crippen LogP) is 1.55. The van der Waals surface area contributed by atoms with Crippen molar-refractivity contribution >= 4 is 5.96 Å². The van der Waals surface area contributed by atoms with Crippen molar-refractivity contribution in [1.82, 2.24) is 10.6 Å². The first-order valence-electron chi connectivity index (χ1n) is 6.21. The van der Waals surface area contributed by atoms with Gasteiger partial charge in [0.15, 0.2) is 6.19 Å². The summed E-state index contributed by atoms with van der Waals surface area (Å²) in [5.74, 6) is 2.79. The molecule has 4 aliphatic rings. The summed E-state index contributed by atoms with van der Waals surface area (Å²) in [5.41, 5.74) is 0.135. The van der Waals surface area contributed by atoms with Gasteiger partial charge in [0.2, 0.25) is 5.96 Å². The number of nitrogens with zero attached hydrogens (tertiary/aromatic N) is 1. The Morgan fingerprint density at radius 1 is 1.12 bits per heavy atom. The quantitative estimate of drug-likeness (QED) is 0.270. The summed E-state index contributed by atoms with van der Waals surface area (Å²) in [5, 5.41) is 21.9. The van der Waals surface area contributed by atoms with E-state index in [2.05, 4.69) is 10.6 Å². The third kappa shape index (κ3) is 1.55. The number of nitriles is 1. The van der Waals surface area contributed by atoms with Crippen molar-refractivity contribution in [2.45, 2.75) is 44.1 Å². The average molecular weight is 218 g/mol. The Bertz CT molecular complexity index is 319. The van der Waals surface area contributed by atoms with Crippen LogP contribution < -0.4 is 10.6 Å². The topological polar surface area (TPSA) is 71.7 Å². The molecular formula is C12H18N4. The molecule has 0 radical (unpaired) electrons. The summed E-state index contributed by atoms with van der Waals surface area (Å²) >= 11 is 0. The second-order valence-electron chi connectivity index (χ2n) is 5.93. The van der Waals surface area contributed by atoms with Gasteiger partial charge in [-0.3, -0.25) is 10.7 Å². The van der Waals surface area contributed by atoms with E-state index in [1.54, 1.807) is 0 Å². The molecule has 16 heavy (non-hydrogen) atoms. The molecule has 0 aliphatic heterocycles. The van der Waals surface area contributed by atoms with Crippen molar-refractivity contribution in [1.29, 1.82) is 10.7 Å². The van der Waals surface area contributed by atoms with Crippen LogP contribution in [0.1, 0.15) is 38.5 Å². The molecule has 4 bridgehead atoms. The van der Waals surface area contributed by atoms with E-state index in [0.717, 1.165) is 17.8 Å². The molecule has 86 valence electrons. The average Bonchev–Trinajstić information content (AvgIpc) is 2.13. The van der Waals surface area contributed by atoms with E-state index in [1.165, 1.54) is 38.5 Å². The number of rotatable bonds is 1. The van der Waals surface area contributed by atoms with Gasteiger partial charge >= 0.3 is 0 Å². The normalized spacial score (nSPS) is 43.8. The number of hydrogen-bond donors (Lipinski definition) is 3. The van der Waals surface area contributed by atoms with Gasteiger partial charge in [-0.25, -0.2) is 0 Å². The maximum Gasteiger partial charge on any atom is 0.202 e. The standard InChI is InChI=1S/C12H18N4/c13-7-15-11(14)16-12-4-8-1-9(5-12)3-10(2-8)6-12/h8-10H,1-6H2,(H3,14,15,16). The molecule has 4 aliphatic carbocycles. The van der Waals surface area contributed by atoms with Crippen molar-refractivity contribution in [3.63, 3.8) is 0 Å². The number of hydrogen-bond acceptors (Lipinski definition) is 2. The SMILES string of the molecule is N#CNC(=N)NC12CC3CC(CC(C3)C1)C2. The van der Waals surface area contributed by atoms with Crippen LogP contribution in [0.4, 0.5) is 0 Å². The van der Waals surface area contributed by atoms with Gasteiger partial charge in [0, 0.05) is 5.54 Å². The third-order valence-electron chi connectivity index (χ3n) is 4.61. The fourth-order valence-corrected chi connectivity index (χ4v) is 4.62. The van der Waals surface area contributed by atoms with Gasteiger partial charge in [0.25, 0.3) is 0 Å². The summed E-state index contributed by atoms with van der Waals surface area (Å²) in [4.78, 5) is 0. The molecule has 4 rings (SSSR count). The van der Waals surface area contributed by atoms with Crippen LogP contribution in [0, 0.1) is 34.6 Å². The molecule has 0 aromatic heterocycles. The zero-order valence-corrected chi connectivity index (χ0v) is 9.42. The van der Waals surface area contributed by atoms with Gasteiger partial charge in [-0.05, 0) is 56.3 Å². The fraction of sp³-hybridized carbons (Fsp3) is 0.833. The van der Waals surface area contributed by atoms with Crippen molar-refractivity contribution in [2.24, 2.45) is 17.8 Å². The van der Waals surface area contributed by atoms with Crippen LogP contribution in [-0.2, 0) is 0 Å². The van der Waals surface area contributed by atoms with Crippen LogP contribution in [0.3, 0.4) is 0 Å². The molecule has 4 fully saturated rings. The monoisotopic (exact) mass is 218 g/mol. The Balaban J connectivity index is 1.74. The molecule has 0 aromatic rings. The van der Waals surface area contributed by atoms with Gasteiger partial charge in [0.05, 0.1) is 0 Å². The van der Waals surface area contributed by atoms with Crippen LogP contribution in [0.25, 0.3) is 0 Å². The number of nitrogens with one attached hydrogen (secondary N) is 3. The predicted molar refractivity (Wildman–Crippen MR) is 60.5 cm³/mol. The Kier molecular flexibility index (Phi) is 2.10. The third-order valence-corrected chi connectivity index (χ3v) is 4.61. The molecule has 0 aromatic carbocycles. The lowest BCUT2D eigenvalue weighted by atomic mass is 9.53. The Labute approximate surface area is 95.9 Å². The maximum absolute atomic E-state index is 8.51. The van der Waals surface area contributed by atoms with Crippen LogP contribution in [0.5, 0.6) is 0 Å². The van der Waals surface area contributed by atoms with Crippen LogP contribution >= 0.6 is 0 Å². The van der Waals surface area contributed by atoms with E-state index in [0.29, 0.717) is 0 Å². The first-order chi connectivity index (χ1) is 7.69. The van der Waals surface area contributed by atoms with E-state index in [9.17, 15) is 0 Å². The smallest absolute Gasteiger partial charge is 0.202 e. The fourth-order valence-electron chi connectivity index (χ4n) is 4.62. The Hall–Kier alpha value is -1.24. The minimum absolute atomic E-state index is 0.135. The van der Waals surface area contributed by atoms with E-state index < -0.39 is 0 Å². The molecule has 0 spiro atoms. The van der Waals surface area contributed by atoms with Crippen LogP contribution in [0.15, 0.2) is 0 Å². The molecule has 0 heterocycles. The zero-order valence-electron chi connectivity index (χ0n) is 9.42. The van der Waals surface area contributed by atoms with Crippen molar-refractivity contribution in [2.75, 3.05) is 0 Å². The van der Waals surface area contributed by atoms with Gasteiger partial charge in [0.1, 0.15) is 0 Å². The molecule has 4 heteroatoms. The molecule has 3 N–H and O–H groups in total. The van der Waals surface area contributed by atoms with Crippen molar-refractivity contribution in [3.8, 4) is 6.19 Å². The lowest BCUT2D eigenvalue weighted by Gasteiger charge is -2.57. The highest BCUT2D eigenvalue weighted by molar-refractivity contribution is 5.78. The Morgan fingerprint density at radius 2 is 1.62 bits per heavy atom. The molecule has 0 unspecified atom stereocenters. The lowest BCUT2D eigenvalue weighted by molar-refractivity contribution is -0.0105. The van der Waals surface area contributed by atoms with Gasteiger partial charge in [-0.2, -0.15) is 5.26 Å². The summed E-state index contributed by atoms with van der Waals surface area (Å²) in [6, 6.07) is 0. The van der Waals surface area contributed by atoms with E-state index in [4.69, 9.17) is 10.7 Å². The molecule has 0 atom stereocenters. The lowest BCUT2D eigenvalue weighted by Crippen LogP contribution is -2.61. The zero-order chi connectivity index (χ0) is 11.2. The molecular weight excluding hydrogens is 200 g/mol. The summed E-state index contributed by atoms with van der Waals surface area (Å²) < 4.78 is 0. The van der Waals surface area contributed by atoms with Crippen molar-refractivity contribution in [3.05, 3.63) is 0 Å². The largest absolute Gasteiger partial charge is 0.350 e. The van der Waals surface area contributed by atoms with E-state index in [1.807, 2.05) is 6.19 Å². The highest BCUT2D eigenvalue weighted by Crippen LogP contribution is 2.55. The minimum Gasteiger partial charge on any atom is -0.350 e. The van der Waals surface area contributed by atoms with E-state index >= 15 is 0 Å². The highest BCUT2D eigenvalue weighted by atomic mass is 15.2. The number of guanidine groups is 1. The Morgan fingerprint density at radius 3 is 2.06 bits per heavy atom. The summed E-state index contributed by atoms with van der Waals surface area (Å²) in [6.07, 6.45) is 9.63. The first-order valence-corrected chi connectivity index (χ1v) is 6.21. The van der Waals surface area contributed by atoms with Gasteiger partial charge < -0.3 is 5.32 Å². The van der Waals surface area contributed by atoms with Crippen molar-refractivity contribution < 1.29 is 0 Å². The molecule has 4 saturated carbocycles. The van der Waals surface area contributed by atoms with Crippen LogP contribution in [-0.4, -0.2) is 11.5 Å². The second-order valence-corrected chi connectivity index (χ2v) is 5.93. The molecule has 0 amide bonds. The minimum atomic E-state index is 0.135. The molecule has 0 saturated heterocycles. The van der Waals surface area contributed by atoms with Gasteiger partial charge in [-0.1, -0.05) is 0 Å². The maximum atomic E-state index is 8.51. The summed E-state index contributed by atoms with van der Waals surface area (Å²) in [7, 11) is 0. The van der Waals surface area contributed by atoms with E-state index in [-0.39, 0.29) is 11.5 Å². The molecule has 4 nitrogen and oxygen atoms in total. The van der Waals surface area contributed by atoms with Crippen LogP contribution in [0.2, 0.25) is 0 Å².